The maximum atomic E-state index is 12.6. The summed E-state index contributed by atoms with van der Waals surface area (Å²) in [5.74, 6) is 0.355. The van der Waals surface area contributed by atoms with Crippen LogP contribution in [0.2, 0.25) is 0 Å². The summed E-state index contributed by atoms with van der Waals surface area (Å²) in [6.07, 6.45) is 1.87. The van der Waals surface area contributed by atoms with Gasteiger partial charge in [-0.25, -0.2) is 0 Å². The van der Waals surface area contributed by atoms with Crippen LogP contribution in [0.15, 0.2) is 18.2 Å². The van der Waals surface area contributed by atoms with Gasteiger partial charge >= 0.3 is 0 Å². The van der Waals surface area contributed by atoms with Gasteiger partial charge in [-0.2, -0.15) is 0 Å². The quantitative estimate of drug-likeness (QED) is 0.680. The van der Waals surface area contributed by atoms with Crippen molar-refractivity contribution in [2.24, 2.45) is 5.92 Å². The number of nitro groups is 1. The number of hydrogen-bond acceptors (Lipinski definition) is 4. The lowest BCUT2D eigenvalue weighted by Crippen LogP contribution is -2.40. The molecule has 1 aromatic rings. The largest absolute Gasteiger partial charge is 0.338 e. The average Bonchev–Trinajstić information content (AvgIpc) is 2.47. The maximum Gasteiger partial charge on any atom is 0.282 e. The molecule has 1 saturated heterocycles. The van der Waals surface area contributed by atoms with Gasteiger partial charge in [0.25, 0.3) is 11.6 Å². The molecule has 0 atom stereocenters. The minimum absolute atomic E-state index is 0. The first-order chi connectivity index (χ1) is 10.0. The molecule has 0 bridgehead atoms. The Bertz CT molecular complexity index is 543. The predicted molar refractivity (Wildman–Crippen MR) is 87.6 cm³/mol. The summed E-state index contributed by atoms with van der Waals surface area (Å²) in [4.78, 5) is 25.0. The molecule has 1 aliphatic heterocycles. The third kappa shape index (κ3) is 3.96. The summed E-state index contributed by atoms with van der Waals surface area (Å²) in [6.45, 7) is 4.02. The maximum absolute atomic E-state index is 12.6. The Morgan fingerprint density at radius 2 is 2.05 bits per heavy atom. The van der Waals surface area contributed by atoms with E-state index in [1.54, 1.807) is 24.0 Å². The second kappa shape index (κ2) is 8.10. The van der Waals surface area contributed by atoms with Crippen LogP contribution in [0.4, 0.5) is 5.69 Å². The Balaban J connectivity index is 0.00000242. The average molecular weight is 328 g/mol. The molecule has 1 N–H and O–H groups in total. The van der Waals surface area contributed by atoms with E-state index in [-0.39, 0.29) is 29.6 Å². The number of nitro benzene ring substituents is 1. The third-order valence-electron chi connectivity index (χ3n) is 4.06. The summed E-state index contributed by atoms with van der Waals surface area (Å²) in [6, 6.07) is 4.76. The number of piperidine rings is 1. The molecule has 0 aromatic heterocycles. The van der Waals surface area contributed by atoms with Gasteiger partial charge in [0.1, 0.15) is 5.56 Å². The van der Waals surface area contributed by atoms with Crippen LogP contribution in [0.25, 0.3) is 0 Å². The zero-order valence-corrected chi connectivity index (χ0v) is 13.7. The van der Waals surface area contributed by atoms with Crippen LogP contribution in [-0.2, 0) is 0 Å². The lowest BCUT2D eigenvalue weighted by Gasteiger charge is -2.32. The molecule has 0 saturated carbocycles. The second-order valence-electron chi connectivity index (χ2n) is 5.52. The minimum atomic E-state index is -0.478. The molecule has 0 aliphatic carbocycles. The molecule has 2 rings (SSSR count). The Hall–Kier alpha value is -1.66. The van der Waals surface area contributed by atoms with Crippen LogP contribution in [0.3, 0.4) is 0 Å². The number of hydrogen-bond donors (Lipinski definition) is 1. The van der Waals surface area contributed by atoms with Crippen LogP contribution in [-0.4, -0.2) is 42.4 Å². The fourth-order valence-electron chi connectivity index (χ4n) is 2.87. The number of benzene rings is 1. The molecule has 6 nitrogen and oxygen atoms in total. The van der Waals surface area contributed by atoms with Crippen molar-refractivity contribution >= 4 is 24.0 Å². The third-order valence-corrected chi connectivity index (χ3v) is 4.06. The molecule has 1 aromatic carbocycles. The highest BCUT2D eigenvalue weighted by atomic mass is 35.5. The monoisotopic (exact) mass is 327 g/mol. The Labute approximate surface area is 136 Å². The Morgan fingerprint density at radius 1 is 1.41 bits per heavy atom. The smallest absolute Gasteiger partial charge is 0.282 e. The first kappa shape index (κ1) is 18.4. The van der Waals surface area contributed by atoms with E-state index in [0.717, 1.165) is 19.4 Å². The Morgan fingerprint density at radius 3 is 2.59 bits per heavy atom. The van der Waals surface area contributed by atoms with Gasteiger partial charge in [-0.3, -0.25) is 14.9 Å². The summed E-state index contributed by atoms with van der Waals surface area (Å²) < 4.78 is 0. The number of nitrogens with one attached hydrogen (secondary N) is 1. The number of carbonyl (C=O) groups is 1. The minimum Gasteiger partial charge on any atom is -0.338 e. The van der Waals surface area contributed by atoms with Gasteiger partial charge in [0.05, 0.1) is 4.92 Å². The highest BCUT2D eigenvalue weighted by Crippen LogP contribution is 2.26. The van der Waals surface area contributed by atoms with Crippen molar-refractivity contribution in [3.05, 3.63) is 39.4 Å². The van der Waals surface area contributed by atoms with Crippen molar-refractivity contribution in [3.63, 3.8) is 0 Å². The summed E-state index contributed by atoms with van der Waals surface area (Å²) >= 11 is 0. The van der Waals surface area contributed by atoms with Gasteiger partial charge in [-0.1, -0.05) is 12.1 Å². The molecule has 7 heteroatoms. The van der Waals surface area contributed by atoms with Crippen molar-refractivity contribution in [1.82, 2.24) is 10.2 Å². The molecular formula is C15H22ClN3O3. The molecule has 1 aliphatic rings. The van der Waals surface area contributed by atoms with E-state index in [1.807, 2.05) is 7.05 Å². The second-order valence-corrected chi connectivity index (χ2v) is 5.52. The molecule has 1 fully saturated rings. The van der Waals surface area contributed by atoms with Gasteiger partial charge in [-0.05, 0) is 44.8 Å². The van der Waals surface area contributed by atoms with E-state index in [1.165, 1.54) is 6.07 Å². The topological polar surface area (TPSA) is 75.5 Å². The van der Waals surface area contributed by atoms with Gasteiger partial charge < -0.3 is 10.2 Å². The SMILES string of the molecule is CNCC1CCN(C(=O)c2c(C)cccc2[N+](=O)[O-])CC1.Cl. The van der Waals surface area contributed by atoms with Crippen molar-refractivity contribution < 1.29 is 9.72 Å². The lowest BCUT2D eigenvalue weighted by molar-refractivity contribution is -0.385. The lowest BCUT2D eigenvalue weighted by atomic mass is 9.95. The van der Waals surface area contributed by atoms with Crippen LogP contribution in [0, 0.1) is 23.0 Å². The van der Waals surface area contributed by atoms with Crippen LogP contribution in [0.1, 0.15) is 28.8 Å². The molecule has 0 radical (unpaired) electrons. The van der Waals surface area contributed by atoms with Crippen LogP contribution >= 0.6 is 12.4 Å². The molecule has 1 heterocycles. The zero-order valence-electron chi connectivity index (χ0n) is 12.9. The highest BCUT2D eigenvalue weighted by molar-refractivity contribution is 5.99. The molecule has 122 valence electrons. The molecule has 0 spiro atoms. The molecule has 22 heavy (non-hydrogen) atoms. The number of amides is 1. The van der Waals surface area contributed by atoms with Gasteiger partial charge in [0.15, 0.2) is 0 Å². The van der Waals surface area contributed by atoms with E-state index in [0.29, 0.717) is 24.6 Å². The first-order valence-corrected chi connectivity index (χ1v) is 7.22. The number of halogens is 1. The van der Waals surface area contributed by atoms with Gasteiger partial charge in [0.2, 0.25) is 0 Å². The van der Waals surface area contributed by atoms with Crippen molar-refractivity contribution in [2.45, 2.75) is 19.8 Å². The van der Waals surface area contributed by atoms with Crippen molar-refractivity contribution in [1.29, 1.82) is 0 Å². The summed E-state index contributed by atoms with van der Waals surface area (Å²) in [5.41, 5.74) is 0.790. The zero-order chi connectivity index (χ0) is 15.4. The van der Waals surface area contributed by atoms with Crippen LogP contribution in [0.5, 0.6) is 0 Å². The Kier molecular flexibility index (Phi) is 6.77. The van der Waals surface area contributed by atoms with Crippen molar-refractivity contribution in [2.75, 3.05) is 26.7 Å². The van der Waals surface area contributed by atoms with E-state index >= 15 is 0 Å². The number of aryl methyl sites for hydroxylation is 1. The number of likely N-dealkylation sites (tertiary alicyclic amines) is 1. The standard InChI is InChI=1S/C15H21N3O3.ClH/c1-11-4-3-5-13(18(20)21)14(11)15(19)17-8-6-12(7-9-17)10-16-2;/h3-5,12,16H,6-10H2,1-2H3;1H. The molecule has 1 amide bonds. The number of carbonyl (C=O) groups excluding carboxylic acids is 1. The van der Waals surface area contributed by atoms with E-state index in [9.17, 15) is 14.9 Å². The summed E-state index contributed by atoms with van der Waals surface area (Å²) in [7, 11) is 1.92. The van der Waals surface area contributed by atoms with E-state index < -0.39 is 4.92 Å². The predicted octanol–water partition coefficient (Wildman–Crippen LogP) is 2.40. The normalized spacial score (nSPS) is 15.3. The highest BCUT2D eigenvalue weighted by Gasteiger charge is 2.29. The molecular weight excluding hydrogens is 306 g/mol. The fourth-order valence-corrected chi connectivity index (χ4v) is 2.87. The van der Waals surface area contributed by atoms with Gasteiger partial charge in [0, 0.05) is 19.2 Å². The number of nitrogens with zero attached hydrogens (tertiary/aromatic N) is 2. The summed E-state index contributed by atoms with van der Waals surface area (Å²) in [5, 5.41) is 14.3. The van der Waals surface area contributed by atoms with Crippen molar-refractivity contribution in [3.8, 4) is 0 Å². The van der Waals surface area contributed by atoms with Gasteiger partial charge in [-0.15, -0.1) is 12.4 Å². The van der Waals surface area contributed by atoms with Crippen LogP contribution < -0.4 is 5.32 Å². The van der Waals surface area contributed by atoms with E-state index in [4.69, 9.17) is 0 Å². The number of rotatable bonds is 4. The fraction of sp³-hybridized carbons (Fsp3) is 0.533. The first-order valence-electron chi connectivity index (χ1n) is 7.22. The van der Waals surface area contributed by atoms with E-state index in [2.05, 4.69) is 5.32 Å². The molecule has 0 unspecified atom stereocenters.